The summed E-state index contributed by atoms with van der Waals surface area (Å²) >= 11 is 0. The average Bonchev–Trinajstić information content (AvgIpc) is 2.70. The second-order valence-electron chi connectivity index (χ2n) is 7.63. The molecule has 1 aromatic rings. The van der Waals surface area contributed by atoms with Gasteiger partial charge >= 0.3 is 6.18 Å². The molecule has 0 amide bonds. The van der Waals surface area contributed by atoms with Crippen molar-refractivity contribution in [2.45, 2.75) is 58.2 Å². The predicted molar refractivity (Wildman–Crippen MR) is 108 cm³/mol. The lowest BCUT2D eigenvalue weighted by atomic mass is 9.72. The number of hydrogen-bond donors (Lipinski definition) is 3. The number of ether oxygens (including phenoxy) is 1. The predicted octanol–water partition coefficient (Wildman–Crippen LogP) is 4.02. The summed E-state index contributed by atoms with van der Waals surface area (Å²) in [7, 11) is 0. The quantitative estimate of drug-likeness (QED) is 0.421. The van der Waals surface area contributed by atoms with Gasteiger partial charge in [0.2, 0.25) is 0 Å². The molecule has 2 rings (SSSR count). The van der Waals surface area contributed by atoms with Crippen molar-refractivity contribution in [2.75, 3.05) is 26.3 Å². The van der Waals surface area contributed by atoms with Gasteiger partial charge in [-0.15, -0.1) is 0 Å². The minimum atomic E-state index is -4.35. The molecule has 0 unspecified atom stereocenters. The fourth-order valence-corrected chi connectivity index (χ4v) is 3.69. The van der Waals surface area contributed by atoms with Crippen molar-refractivity contribution < 1.29 is 23.0 Å². The third-order valence-electron chi connectivity index (χ3n) is 5.28. The van der Waals surface area contributed by atoms with Crippen molar-refractivity contribution in [3.05, 3.63) is 29.8 Å². The zero-order valence-electron chi connectivity index (χ0n) is 17.0. The Morgan fingerprint density at radius 2 is 1.83 bits per heavy atom. The largest absolute Gasteiger partial charge is 0.484 e. The first-order valence-corrected chi connectivity index (χ1v) is 10.3. The fraction of sp³-hybridized carbons (Fsp3) is 0.667. The third kappa shape index (κ3) is 8.51. The fourth-order valence-electron chi connectivity index (χ4n) is 3.69. The molecule has 1 aromatic carbocycles. The van der Waals surface area contributed by atoms with Crippen LogP contribution in [0.2, 0.25) is 0 Å². The first-order valence-electron chi connectivity index (χ1n) is 10.3. The molecule has 0 saturated heterocycles. The number of halogens is 3. The molecule has 1 aliphatic rings. The van der Waals surface area contributed by atoms with Crippen LogP contribution in [0.25, 0.3) is 0 Å². The molecule has 1 aliphatic carbocycles. The van der Waals surface area contributed by atoms with E-state index in [0.717, 1.165) is 37.9 Å². The van der Waals surface area contributed by atoms with E-state index < -0.39 is 12.8 Å². The summed E-state index contributed by atoms with van der Waals surface area (Å²) in [6.45, 7) is 2.79. The lowest BCUT2D eigenvalue weighted by molar-refractivity contribution is -0.153. The van der Waals surface area contributed by atoms with Crippen LogP contribution < -0.4 is 15.4 Å². The van der Waals surface area contributed by atoms with E-state index in [9.17, 15) is 18.3 Å². The average molecular weight is 416 g/mol. The number of rotatable bonds is 9. The summed E-state index contributed by atoms with van der Waals surface area (Å²) in [5.74, 6) is 0.885. The molecule has 1 fully saturated rings. The maximum atomic E-state index is 12.2. The Morgan fingerprint density at radius 1 is 1.14 bits per heavy atom. The highest BCUT2D eigenvalue weighted by atomic mass is 19.4. The third-order valence-corrected chi connectivity index (χ3v) is 5.28. The maximum Gasteiger partial charge on any atom is 0.422 e. The van der Waals surface area contributed by atoms with E-state index >= 15 is 0 Å². The lowest BCUT2D eigenvalue weighted by Crippen LogP contribution is -2.44. The number of aliphatic imine (C=N–C) groups is 1. The van der Waals surface area contributed by atoms with Crippen LogP contribution in [-0.4, -0.2) is 43.5 Å². The van der Waals surface area contributed by atoms with Gasteiger partial charge in [0.05, 0.1) is 6.54 Å². The van der Waals surface area contributed by atoms with Crippen LogP contribution >= 0.6 is 0 Å². The van der Waals surface area contributed by atoms with Crippen LogP contribution in [0.1, 0.15) is 51.0 Å². The summed E-state index contributed by atoms with van der Waals surface area (Å²) in [6.07, 6.45) is 2.30. The van der Waals surface area contributed by atoms with Crippen LogP contribution in [0.3, 0.4) is 0 Å². The Hall–Kier alpha value is -1.96. The molecule has 0 heterocycles. The van der Waals surface area contributed by atoms with Crippen molar-refractivity contribution in [1.82, 2.24) is 10.6 Å². The Morgan fingerprint density at radius 3 is 2.41 bits per heavy atom. The van der Waals surface area contributed by atoms with Gasteiger partial charge in [-0.25, -0.2) is 4.99 Å². The summed E-state index contributed by atoms with van der Waals surface area (Å²) < 4.78 is 41.4. The number of nitrogens with one attached hydrogen (secondary N) is 2. The highest BCUT2D eigenvalue weighted by Gasteiger charge is 2.31. The number of aliphatic hydroxyl groups is 1. The van der Waals surface area contributed by atoms with E-state index in [-0.39, 0.29) is 17.8 Å². The molecule has 29 heavy (non-hydrogen) atoms. The first kappa shape index (κ1) is 23.3. The van der Waals surface area contributed by atoms with Gasteiger partial charge in [-0.05, 0) is 49.3 Å². The second kappa shape index (κ2) is 11.3. The standard InChI is InChI=1S/C21H32F3N3O2/c1-2-25-19(27-15-20(12-13-28)10-4-3-5-11-20)26-14-17-6-8-18(9-7-17)29-16-21(22,23)24/h6-9,28H,2-5,10-16H2,1H3,(H2,25,26,27). The van der Waals surface area contributed by atoms with Crippen LogP contribution in [0, 0.1) is 5.41 Å². The van der Waals surface area contributed by atoms with Crippen molar-refractivity contribution in [2.24, 2.45) is 10.4 Å². The van der Waals surface area contributed by atoms with Crippen molar-refractivity contribution in [3.63, 3.8) is 0 Å². The molecule has 164 valence electrons. The monoisotopic (exact) mass is 415 g/mol. The normalized spacial score (nSPS) is 17.1. The maximum absolute atomic E-state index is 12.2. The van der Waals surface area contributed by atoms with E-state index in [4.69, 9.17) is 4.74 Å². The highest BCUT2D eigenvalue weighted by Crippen LogP contribution is 2.38. The second-order valence-corrected chi connectivity index (χ2v) is 7.63. The molecule has 0 aromatic heterocycles. The van der Waals surface area contributed by atoms with Gasteiger partial charge in [0, 0.05) is 19.7 Å². The Balaban J connectivity index is 1.92. The van der Waals surface area contributed by atoms with Crippen molar-refractivity contribution in [3.8, 4) is 5.75 Å². The van der Waals surface area contributed by atoms with Gasteiger partial charge in [0.1, 0.15) is 5.75 Å². The molecular weight excluding hydrogens is 383 g/mol. The first-order chi connectivity index (χ1) is 13.9. The molecule has 1 saturated carbocycles. The molecule has 0 atom stereocenters. The van der Waals surface area contributed by atoms with Gasteiger partial charge in [-0.2, -0.15) is 13.2 Å². The SMILES string of the molecule is CCNC(=NCc1ccc(OCC(F)(F)F)cc1)NCC1(CCO)CCCCC1. The van der Waals surface area contributed by atoms with Gasteiger partial charge in [-0.1, -0.05) is 31.4 Å². The number of guanidine groups is 1. The Bertz CT molecular complexity index is 622. The van der Waals surface area contributed by atoms with E-state index in [2.05, 4.69) is 15.6 Å². The van der Waals surface area contributed by atoms with E-state index in [1.165, 1.54) is 31.4 Å². The Kier molecular flexibility index (Phi) is 9.07. The molecule has 0 radical (unpaired) electrons. The summed E-state index contributed by atoms with van der Waals surface area (Å²) in [5, 5.41) is 16.1. The highest BCUT2D eigenvalue weighted by molar-refractivity contribution is 5.79. The van der Waals surface area contributed by atoms with Gasteiger partial charge < -0.3 is 20.5 Å². The van der Waals surface area contributed by atoms with E-state index in [0.29, 0.717) is 12.5 Å². The van der Waals surface area contributed by atoms with Crippen LogP contribution in [0.4, 0.5) is 13.2 Å². The summed E-state index contributed by atoms with van der Waals surface area (Å²) in [6, 6.07) is 6.48. The van der Waals surface area contributed by atoms with E-state index in [1.54, 1.807) is 12.1 Å². The van der Waals surface area contributed by atoms with Gasteiger partial charge in [-0.3, -0.25) is 0 Å². The van der Waals surface area contributed by atoms with Crippen molar-refractivity contribution in [1.29, 1.82) is 0 Å². The van der Waals surface area contributed by atoms with Gasteiger partial charge in [0.15, 0.2) is 12.6 Å². The summed E-state index contributed by atoms with van der Waals surface area (Å²) in [5.41, 5.74) is 0.991. The number of hydrogen-bond acceptors (Lipinski definition) is 3. The molecule has 0 aliphatic heterocycles. The number of nitrogens with zero attached hydrogens (tertiary/aromatic N) is 1. The van der Waals surface area contributed by atoms with Crippen molar-refractivity contribution >= 4 is 5.96 Å². The Labute approximate surface area is 170 Å². The number of aliphatic hydroxyl groups excluding tert-OH is 1. The molecule has 5 nitrogen and oxygen atoms in total. The summed E-state index contributed by atoms with van der Waals surface area (Å²) in [4.78, 5) is 4.59. The molecule has 0 bridgehead atoms. The zero-order chi connectivity index (χ0) is 21.2. The van der Waals surface area contributed by atoms with Crippen LogP contribution in [-0.2, 0) is 6.54 Å². The number of benzene rings is 1. The zero-order valence-corrected chi connectivity index (χ0v) is 17.0. The smallest absolute Gasteiger partial charge is 0.422 e. The minimum Gasteiger partial charge on any atom is -0.484 e. The van der Waals surface area contributed by atoms with Crippen LogP contribution in [0.15, 0.2) is 29.3 Å². The molecular formula is C21H32F3N3O2. The topological polar surface area (TPSA) is 65.9 Å². The van der Waals surface area contributed by atoms with Crippen LogP contribution in [0.5, 0.6) is 5.75 Å². The van der Waals surface area contributed by atoms with Gasteiger partial charge in [0.25, 0.3) is 0 Å². The molecule has 3 N–H and O–H groups in total. The minimum absolute atomic E-state index is 0.112. The number of alkyl halides is 3. The lowest BCUT2D eigenvalue weighted by Gasteiger charge is -2.37. The van der Waals surface area contributed by atoms with E-state index in [1.807, 2.05) is 6.92 Å². The molecule has 8 heteroatoms. The molecule has 0 spiro atoms.